The van der Waals surface area contributed by atoms with Gasteiger partial charge in [0.2, 0.25) is 5.91 Å². The van der Waals surface area contributed by atoms with Gasteiger partial charge in [0.05, 0.1) is 0 Å². The van der Waals surface area contributed by atoms with Crippen molar-refractivity contribution in [3.63, 3.8) is 0 Å². The van der Waals surface area contributed by atoms with Crippen LogP contribution in [0.1, 0.15) is 32.8 Å². The van der Waals surface area contributed by atoms with E-state index in [4.69, 9.17) is 11.6 Å². The van der Waals surface area contributed by atoms with E-state index >= 15 is 0 Å². The third-order valence-corrected chi connectivity index (χ3v) is 3.44. The van der Waals surface area contributed by atoms with Gasteiger partial charge in [-0.1, -0.05) is 30.7 Å². The molecule has 0 aliphatic heterocycles. The average Bonchev–Trinajstić information content (AvgIpc) is 2.35. The number of carboxylic acid groups (broad SMARTS) is 1. The minimum Gasteiger partial charge on any atom is -0.479 e. The molecule has 1 aromatic rings. The topological polar surface area (TPSA) is 57.6 Å². The Bertz CT molecular complexity index is 472. The van der Waals surface area contributed by atoms with E-state index in [0.29, 0.717) is 23.6 Å². The molecule has 19 heavy (non-hydrogen) atoms. The van der Waals surface area contributed by atoms with Crippen LogP contribution >= 0.6 is 11.6 Å². The second-order valence-electron chi connectivity index (χ2n) is 4.55. The van der Waals surface area contributed by atoms with Crippen molar-refractivity contribution in [1.82, 2.24) is 4.90 Å². The molecule has 1 unspecified atom stereocenters. The largest absolute Gasteiger partial charge is 0.479 e. The van der Waals surface area contributed by atoms with Crippen molar-refractivity contribution in [2.75, 3.05) is 6.54 Å². The zero-order valence-electron chi connectivity index (χ0n) is 11.3. The van der Waals surface area contributed by atoms with Crippen LogP contribution in [-0.2, 0) is 15.1 Å². The van der Waals surface area contributed by atoms with Crippen LogP contribution in [-0.4, -0.2) is 28.4 Å². The SMILES string of the molecule is CCCN(C(C)=O)C(C)(C(=O)O)c1ccc(Cl)cc1. The number of carbonyl (C=O) groups is 2. The lowest BCUT2D eigenvalue weighted by molar-refractivity contribution is -0.158. The molecule has 1 aromatic carbocycles. The van der Waals surface area contributed by atoms with E-state index < -0.39 is 11.5 Å². The Morgan fingerprint density at radius 3 is 2.21 bits per heavy atom. The van der Waals surface area contributed by atoms with Crippen LogP contribution in [0, 0.1) is 0 Å². The van der Waals surface area contributed by atoms with Gasteiger partial charge in [-0.25, -0.2) is 4.79 Å². The van der Waals surface area contributed by atoms with Gasteiger partial charge in [0.15, 0.2) is 5.54 Å². The molecular formula is C14H18ClNO3. The van der Waals surface area contributed by atoms with Gasteiger partial charge in [-0.3, -0.25) is 4.79 Å². The highest BCUT2D eigenvalue weighted by atomic mass is 35.5. The summed E-state index contributed by atoms with van der Waals surface area (Å²) in [7, 11) is 0. The Hall–Kier alpha value is -1.55. The molecule has 104 valence electrons. The summed E-state index contributed by atoms with van der Waals surface area (Å²) in [5.74, 6) is -1.32. The number of hydrogen-bond donors (Lipinski definition) is 1. The number of carbonyl (C=O) groups excluding carboxylic acids is 1. The second-order valence-corrected chi connectivity index (χ2v) is 4.99. The third kappa shape index (κ3) is 3.07. The Morgan fingerprint density at radius 1 is 1.32 bits per heavy atom. The number of benzene rings is 1. The minimum atomic E-state index is -1.38. The van der Waals surface area contributed by atoms with E-state index in [-0.39, 0.29) is 5.91 Å². The molecule has 4 nitrogen and oxygen atoms in total. The quantitative estimate of drug-likeness (QED) is 0.904. The minimum absolute atomic E-state index is 0.262. The van der Waals surface area contributed by atoms with Crippen LogP contribution in [0.5, 0.6) is 0 Å². The predicted octanol–water partition coefficient (Wildman–Crippen LogP) is 2.90. The number of aliphatic carboxylic acids is 1. The van der Waals surface area contributed by atoms with Crippen molar-refractivity contribution in [2.24, 2.45) is 0 Å². The second kappa shape index (κ2) is 6.06. The molecule has 1 rings (SSSR count). The summed E-state index contributed by atoms with van der Waals surface area (Å²) >= 11 is 5.82. The molecule has 0 heterocycles. The number of halogens is 1. The lowest BCUT2D eigenvalue weighted by Gasteiger charge is -2.37. The normalized spacial score (nSPS) is 13.7. The fourth-order valence-electron chi connectivity index (χ4n) is 2.09. The standard InChI is InChI=1S/C14H18ClNO3/c1-4-9-16(10(2)17)14(3,13(18)19)11-5-7-12(15)8-6-11/h5-8H,4,9H2,1-3H3,(H,18,19). The van der Waals surface area contributed by atoms with Gasteiger partial charge in [0.1, 0.15) is 0 Å². The van der Waals surface area contributed by atoms with E-state index in [2.05, 4.69) is 0 Å². The van der Waals surface area contributed by atoms with Gasteiger partial charge in [-0.05, 0) is 31.0 Å². The smallest absolute Gasteiger partial charge is 0.334 e. The first-order valence-electron chi connectivity index (χ1n) is 6.11. The number of carboxylic acids is 1. The van der Waals surface area contributed by atoms with Gasteiger partial charge >= 0.3 is 5.97 Å². The van der Waals surface area contributed by atoms with Crippen molar-refractivity contribution in [3.8, 4) is 0 Å². The van der Waals surface area contributed by atoms with Gasteiger partial charge in [-0.15, -0.1) is 0 Å². The summed E-state index contributed by atoms with van der Waals surface area (Å²) in [6, 6.07) is 6.54. The van der Waals surface area contributed by atoms with Crippen LogP contribution < -0.4 is 0 Å². The first-order valence-corrected chi connectivity index (χ1v) is 6.49. The Balaban J connectivity index is 3.33. The molecule has 0 aromatic heterocycles. The zero-order chi connectivity index (χ0) is 14.6. The Morgan fingerprint density at radius 2 is 1.84 bits per heavy atom. The first-order chi connectivity index (χ1) is 8.83. The number of nitrogens with zero attached hydrogens (tertiary/aromatic N) is 1. The van der Waals surface area contributed by atoms with Crippen molar-refractivity contribution in [2.45, 2.75) is 32.7 Å². The number of amides is 1. The monoisotopic (exact) mass is 283 g/mol. The van der Waals surface area contributed by atoms with E-state index in [1.807, 2.05) is 6.92 Å². The summed E-state index contributed by atoms with van der Waals surface area (Å²) < 4.78 is 0. The molecular weight excluding hydrogens is 266 g/mol. The van der Waals surface area contributed by atoms with Gasteiger partial charge < -0.3 is 10.0 Å². The third-order valence-electron chi connectivity index (χ3n) is 3.19. The van der Waals surface area contributed by atoms with Crippen LogP contribution in [0.25, 0.3) is 0 Å². The Labute approximate surface area is 118 Å². The van der Waals surface area contributed by atoms with Gasteiger partial charge in [-0.2, -0.15) is 0 Å². The summed E-state index contributed by atoms with van der Waals surface area (Å²) in [4.78, 5) is 24.8. The fourth-order valence-corrected chi connectivity index (χ4v) is 2.21. The van der Waals surface area contributed by atoms with Crippen LogP contribution in [0.4, 0.5) is 0 Å². The van der Waals surface area contributed by atoms with Gasteiger partial charge in [0, 0.05) is 18.5 Å². The molecule has 0 aliphatic carbocycles. The molecule has 0 spiro atoms. The van der Waals surface area contributed by atoms with Crippen molar-refractivity contribution >= 4 is 23.5 Å². The molecule has 0 saturated heterocycles. The first kappa shape index (κ1) is 15.5. The lowest BCUT2D eigenvalue weighted by Crippen LogP contribution is -2.52. The summed E-state index contributed by atoms with van der Waals surface area (Å²) in [6.45, 7) is 5.21. The molecule has 1 atom stereocenters. The molecule has 0 saturated carbocycles. The number of rotatable bonds is 5. The molecule has 0 aliphatic rings. The fraction of sp³-hybridized carbons (Fsp3) is 0.429. The maximum absolute atomic E-state index is 11.8. The van der Waals surface area contributed by atoms with Crippen molar-refractivity contribution in [1.29, 1.82) is 0 Å². The van der Waals surface area contributed by atoms with Crippen molar-refractivity contribution in [3.05, 3.63) is 34.9 Å². The summed E-state index contributed by atoms with van der Waals surface area (Å²) in [5, 5.41) is 10.1. The van der Waals surface area contributed by atoms with Gasteiger partial charge in [0.25, 0.3) is 0 Å². The molecule has 0 fully saturated rings. The molecule has 0 radical (unpaired) electrons. The van der Waals surface area contributed by atoms with E-state index in [1.165, 1.54) is 18.7 Å². The molecule has 1 amide bonds. The molecule has 0 bridgehead atoms. The Kier molecular flexibility index (Phi) is 4.95. The molecule has 5 heteroatoms. The van der Waals surface area contributed by atoms with Crippen LogP contribution in [0.2, 0.25) is 5.02 Å². The summed E-state index contributed by atoms with van der Waals surface area (Å²) in [6.07, 6.45) is 0.691. The predicted molar refractivity (Wildman–Crippen MR) is 74.1 cm³/mol. The highest BCUT2D eigenvalue weighted by Gasteiger charge is 2.42. The maximum atomic E-state index is 11.8. The highest BCUT2D eigenvalue weighted by molar-refractivity contribution is 6.30. The van der Waals surface area contributed by atoms with E-state index in [9.17, 15) is 14.7 Å². The van der Waals surface area contributed by atoms with E-state index in [1.54, 1.807) is 24.3 Å². The van der Waals surface area contributed by atoms with Crippen LogP contribution in [0.15, 0.2) is 24.3 Å². The van der Waals surface area contributed by atoms with E-state index in [0.717, 1.165) is 0 Å². The average molecular weight is 284 g/mol. The lowest BCUT2D eigenvalue weighted by atomic mass is 9.89. The number of hydrogen-bond acceptors (Lipinski definition) is 2. The maximum Gasteiger partial charge on any atom is 0.334 e. The molecule has 1 N–H and O–H groups in total. The van der Waals surface area contributed by atoms with Crippen molar-refractivity contribution < 1.29 is 14.7 Å². The summed E-state index contributed by atoms with van der Waals surface area (Å²) in [5.41, 5.74) is -0.847. The highest BCUT2D eigenvalue weighted by Crippen LogP contribution is 2.30. The van der Waals surface area contributed by atoms with Crippen LogP contribution in [0.3, 0.4) is 0 Å². The zero-order valence-corrected chi connectivity index (χ0v) is 12.1.